The van der Waals surface area contributed by atoms with Crippen LogP contribution in [0, 0.1) is 6.92 Å². The van der Waals surface area contributed by atoms with Crippen molar-refractivity contribution in [2.45, 2.75) is 6.92 Å². The third-order valence-electron chi connectivity index (χ3n) is 4.32. The molecule has 2 saturated heterocycles. The van der Waals surface area contributed by atoms with Crippen molar-refractivity contribution in [3.63, 3.8) is 0 Å². The zero-order chi connectivity index (χ0) is 17.6. The zero-order valence-electron chi connectivity index (χ0n) is 14.4. The van der Waals surface area contributed by atoms with E-state index < -0.39 is 0 Å². The Labute approximate surface area is 147 Å². The Morgan fingerprint density at radius 2 is 1.40 bits per heavy atom. The molecule has 0 atom stereocenters. The summed E-state index contributed by atoms with van der Waals surface area (Å²) in [5.41, 5.74) is 2.33. The monoisotopic (exact) mass is 348 g/mol. The van der Waals surface area contributed by atoms with Gasteiger partial charge in [-0.15, -0.1) is 0 Å². The summed E-state index contributed by atoms with van der Waals surface area (Å²) < 4.78 is 10.5. The van der Waals surface area contributed by atoms with Crippen LogP contribution < -0.4 is 10.6 Å². The quantitative estimate of drug-likeness (QED) is 0.852. The van der Waals surface area contributed by atoms with Gasteiger partial charge in [-0.25, -0.2) is 9.59 Å². The molecule has 25 heavy (non-hydrogen) atoms. The Bertz CT molecular complexity index is 625. The number of carbonyl (C=O) groups excluding carboxylic acids is 2. The van der Waals surface area contributed by atoms with Crippen LogP contribution in [0.5, 0.6) is 0 Å². The van der Waals surface area contributed by atoms with Gasteiger partial charge in [-0.05, 0) is 30.7 Å². The number of urea groups is 2. The van der Waals surface area contributed by atoms with Crippen LogP contribution in [0.4, 0.5) is 21.0 Å². The summed E-state index contributed by atoms with van der Waals surface area (Å²) in [6, 6.07) is 5.19. The zero-order valence-corrected chi connectivity index (χ0v) is 14.4. The fraction of sp³-hybridized carbons (Fsp3) is 0.529. The van der Waals surface area contributed by atoms with E-state index in [4.69, 9.17) is 9.47 Å². The number of hydrogen-bond acceptors (Lipinski definition) is 4. The van der Waals surface area contributed by atoms with E-state index in [9.17, 15) is 9.59 Å². The number of nitrogens with zero attached hydrogens (tertiary/aromatic N) is 2. The van der Waals surface area contributed by atoms with Gasteiger partial charge < -0.3 is 29.9 Å². The van der Waals surface area contributed by atoms with Gasteiger partial charge in [-0.3, -0.25) is 0 Å². The van der Waals surface area contributed by atoms with Crippen LogP contribution in [0.3, 0.4) is 0 Å². The number of morpholine rings is 2. The molecule has 0 spiro atoms. The van der Waals surface area contributed by atoms with Crippen molar-refractivity contribution >= 4 is 23.4 Å². The minimum atomic E-state index is -0.132. The Morgan fingerprint density at radius 3 is 1.92 bits per heavy atom. The summed E-state index contributed by atoms with van der Waals surface area (Å²) in [7, 11) is 0. The molecule has 136 valence electrons. The van der Waals surface area contributed by atoms with Gasteiger partial charge in [-0.1, -0.05) is 0 Å². The molecular formula is C17H24N4O4. The Balaban J connectivity index is 1.58. The van der Waals surface area contributed by atoms with E-state index >= 15 is 0 Å². The second-order valence-electron chi connectivity index (χ2n) is 6.09. The Morgan fingerprint density at radius 1 is 0.880 bits per heavy atom. The summed E-state index contributed by atoms with van der Waals surface area (Å²) in [6.07, 6.45) is 0. The van der Waals surface area contributed by atoms with E-state index in [-0.39, 0.29) is 12.1 Å². The molecule has 0 aromatic heterocycles. The third kappa shape index (κ3) is 4.61. The van der Waals surface area contributed by atoms with Crippen molar-refractivity contribution in [3.05, 3.63) is 23.8 Å². The minimum absolute atomic E-state index is 0.128. The highest BCUT2D eigenvalue weighted by molar-refractivity contribution is 5.92. The van der Waals surface area contributed by atoms with Gasteiger partial charge in [0.05, 0.1) is 26.4 Å². The van der Waals surface area contributed by atoms with Gasteiger partial charge in [0.1, 0.15) is 0 Å². The lowest BCUT2D eigenvalue weighted by Gasteiger charge is -2.27. The third-order valence-corrected chi connectivity index (χ3v) is 4.32. The number of nitrogens with one attached hydrogen (secondary N) is 2. The van der Waals surface area contributed by atoms with E-state index in [1.807, 2.05) is 19.1 Å². The van der Waals surface area contributed by atoms with Crippen LogP contribution in [-0.4, -0.2) is 74.5 Å². The van der Waals surface area contributed by atoms with Crippen molar-refractivity contribution in [2.75, 3.05) is 63.2 Å². The molecule has 0 saturated carbocycles. The van der Waals surface area contributed by atoms with E-state index in [1.54, 1.807) is 15.9 Å². The first kappa shape index (κ1) is 17.5. The molecule has 3 rings (SSSR count). The molecule has 0 unspecified atom stereocenters. The molecule has 1 aromatic rings. The first-order chi connectivity index (χ1) is 12.1. The first-order valence-corrected chi connectivity index (χ1v) is 8.51. The van der Waals surface area contributed by atoms with E-state index in [0.29, 0.717) is 58.3 Å². The molecule has 8 heteroatoms. The molecule has 0 radical (unpaired) electrons. The molecule has 2 aliphatic heterocycles. The SMILES string of the molecule is Cc1cc(NC(=O)N2CCOCC2)ccc1NC(=O)N1CCOCC1. The topological polar surface area (TPSA) is 83.1 Å². The molecule has 0 bridgehead atoms. The number of ether oxygens (including phenoxy) is 2. The van der Waals surface area contributed by atoms with E-state index in [1.165, 1.54) is 0 Å². The van der Waals surface area contributed by atoms with Gasteiger partial charge in [0, 0.05) is 37.6 Å². The highest BCUT2D eigenvalue weighted by Crippen LogP contribution is 2.21. The van der Waals surface area contributed by atoms with Crippen LogP contribution >= 0.6 is 0 Å². The van der Waals surface area contributed by atoms with Gasteiger partial charge >= 0.3 is 12.1 Å². The number of hydrogen-bond donors (Lipinski definition) is 2. The molecule has 2 aliphatic rings. The highest BCUT2D eigenvalue weighted by atomic mass is 16.5. The molecule has 2 fully saturated rings. The predicted molar refractivity (Wildman–Crippen MR) is 94.0 cm³/mol. The van der Waals surface area contributed by atoms with Crippen molar-refractivity contribution in [1.82, 2.24) is 9.80 Å². The molecule has 1 aromatic carbocycles. The average Bonchev–Trinajstić information content (AvgIpc) is 2.65. The molecule has 0 aliphatic carbocycles. The maximum absolute atomic E-state index is 12.3. The maximum atomic E-state index is 12.3. The van der Waals surface area contributed by atoms with Crippen LogP contribution in [0.25, 0.3) is 0 Å². The normalized spacial score (nSPS) is 18.0. The molecule has 8 nitrogen and oxygen atoms in total. The van der Waals surface area contributed by atoms with Gasteiger partial charge in [-0.2, -0.15) is 0 Å². The second-order valence-corrected chi connectivity index (χ2v) is 6.09. The van der Waals surface area contributed by atoms with E-state index in [2.05, 4.69) is 10.6 Å². The summed E-state index contributed by atoms with van der Waals surface area (Å²) in [4.78, 5) is 27.9. The van der Waals surface area contributed by atoms with Crippen LogP contribution in [0.2, 0.25) is 0 Å². The number of amides is 4. The lowest BCUT2D eigenvalue weighted by Crippen LogP contribution is -2.43. The van der Waals surface area contributed by atoms with Crippen molar-refractivity contribution in [1.29, 1.82) is 0 Å². The molecule has 4 amide bonds. The van der Waals surface area contributed by atoms with Gasteiger partial charge in [0.2, 0.25) is 0 Å². The number of carbonyl (C=O) groups is 2. The minimum Gasteiger partial charge on any atom is -0.378 e. The van der Waals surface area contributed by atoms with Crippen LogP contribution in [0.1, 0.15) is 5.56 Å². The van der Waals surface area contributed by atoms with Crippen LogP contribution in [0.15, 0.2) is 18.2 Å². The number of aryl methyl sites for hydroxylation is 1. The Kier molecular flexibility index (Phi) is 5.72. The van der Waals surface area contributed by atoms with Crippen molar-refractivity contribution in [3.8, 4) is 0 Å². The fourth-order valence-electron chi connectivity index (χ4n) is 2.81. The summed E-state index contributed by atoms with van der Waals surface area (Å²) in [6.45, 7) is 6.56. The van der Waals surface area contributed by atoms with E-state index in [0.717, 1.165) is 11.3 Å². The first-order valence-electron chi connectivity index (χ1n) is 8.51. The molecule has 2 N–H and O–H groups in total. The van der Waals surface area contributed by atoms with Gasteiger partial charge in [0.25, 0.3) is 0 Å². The fourth-order valence-corrected chi connectivity index (χ4v) is 2.81. The van der Waals surface area contributed by atoms with Crippen molar-refractivity contribution in [2.24, 2.45) is 0 Å². The molecule has 2 heterocycles. The van der Waals surface area contributed by atoms with Gasteiger partial charge in [0.15, 0.2) is 0 Å². The van der Waals surface area contributed by atoms with Crippen molar-refractivity contribution < 1.29 is 19.1 Å². The summed E-state index contributed by atoms with van der Waals surface area (Å²) in [5.74, 6) is 0. The largest absolute Gasteiger partial charge is 0.378 e. The summed E-state index contributed by atoms with van der Waals surface area (Å²) in [5, 5.41) is 5.80. The van der Waals surface area contributed by atoms with Crippen LogP contribution in [-0.2, 0) is 9.47 Å². The highest BCUT2D eigenvalue weighted by Gasteiger charge is 2.19. The predicted octanol–water partition coefficient (Wildman–Crippen LogP) is 1.72. The second kappa shape index (κ2) is 8.17. The molecular weight excluding hydrogens is 324 g/mol. The Hall–Kier alpha value is -2.32. The number of anilines is 2. The lowest BCUT2D eigenvalue weighted by atomic mass is 10.2. The smallest absolute Gasteiger partial charge is 0.322 e. The number of benzene rings is 1. The standard InChI is InChI=1S/C17H24N4O4/c1-13-12-14(18-16(22)20-4-8-24-9-5-20)2-3-15(13)19-17(23)21-6-10-25-11-7-21/h2-3,12H,4-11H2,1H3,(H,18,22)(H,19,23). The summed E-state index contributed by atoms with van der Waals surface area (Å²) >= 11 is 0. The lowest BCUT2D eigenvalue weighted by molar-refractivity contribution is 0.0564. The average molecular weight is 348 g/mol. The number of rotatable bonds is 2. The maximum Gasteiger partial charge on any atom is 0.322 e.